The number of hydrogen-bond donors (Lipinski definition) is 1. The first-order valence-corrected chi connectivity index (χ1v) is 9.48. The lowest BCUT2D eigenvalue weighted by Crippen LogP contribution is -2.26. The molecular weight excluding hydrogens is 332 g/mol. The Kier molecular flexibility index (Phi) is 6.38. The molecule has 2 aromatic heterocycles. The number of fused-ring (bicyclic) bond motifs is 1. The number of aryl methyl sites for hydroxylation is 1. The van der Waals surface area contributed by atoms with Gasteiger partial charge in [0.05, 0.1) is 6.10 Å². The number of rotatable bonds is 9. The van der Waals surface area contributed by atoms with E-state index in [0.29, 0.717) is 31.6 Å². The van der Waals surface area contributed by atoms with Gasteiger partial charge in [0.15, 0.2) is 11.5 Å². The van der Waals surface area contributed by atoms with Gasteiger partial charge in [-0.15, -0.1) is 15.3 Å². The molecule has 1 N–H and O–H groups in total. The maximum Gasteiger partial charge on any atom is 0.220 e. The quantitative estimate of drug-likeness (QED) is 0.684. The van der Waals surface area contributed by atoms with E-state index in [1.807, 2.05) is 26.0 Å². The number of carbonyl (C=O) groups is 1. The van der Waals surface area contributed by atoms with Crippen LogP contribution in [0.4, 0.5) is 5.82 Å². The molecule has 0 spiro atoms. The Hall–Kier alpha value is -2.22. The summed E-state index contributed by atoms with van der Waals surface area (Å²) in [4.78, 5) is 14.3. The summed E-state index contributed by atoms with van der Waals surface area (Å²) in [5.74, 6) is 1.69. The van der Waals surface area contributed by atoms with E-state index in [1.165, 1.54) is 12.8 Å². The van der Waals surface area contributed by atoms with Crippen LogP contribution < -0.4 is 10.2 Å². The van der Waals surface area contributed by atoms with E-state index in [-0.39, 0.29) is 12.0 Å². The van der Waals surface area contributed by atoms with Gasteiger partial charge in [0.1, 0.15) is 5.82 Å². The first kappa shape index (κ1) is 18.6. The highest BCUT2D eigenvalue weighted by Crippen LogP contribution is 2.18. The van der Waals surface area contributed by atoms with Crippen molar-refractivity contribution < 1.29 is 9.53 Å². The van der Waals surface area contributed by atoms with Crippen LogP contribution in [0.15, 0.2) is 12.1 Å². The van der Waals surface area contributed by atoms with Crippen LogP contribution in [-0.4, -0.2) is 58.1 Å². The third kappa shape index (κ3) is 4.91. The van der Waals surface area contributed by atoms with Crippen molar-refractivity contribution in [1.82, 2.24) is 25.1 Å². The summed E-state index contributed by atoms with van der Waals surface area (Å²) >= 11 is 0. The van der Waals surface area contributed by atoms with Gasteiger partial charge in [0.25, 0.3) is 0 Å². The maximum absolute atomic E-state index is 12.0. The topological polar surface area (TPSA) is 84.6 Å². The van der Waals surface area contributed by atoms with Crippen molar-refractivity contribution in [2.45, 2.75) is 52.1 Å². The lowest BCUT2D eigenvalue weighted by molar-refractivity contribution is -0.121. The van der Waals surface area contributed by atoms with Crippen molar-refractivity contribution in [3.63, 3.8) is 0 Å². The first-order chi connectivity index (χ1) is 12.6. The van der Waals surface area contributed by atoms with E-state index in [0.717, 1.165) is 31.2 Å². The van der Waals surface area contributed by atoms with Crippen molar-refractivity contribution >= 4 is 17.4 Å². The molecule has 3 heterocycles. The second kappa shape index (κ2) is 8.93. The molecule has 1 aliphatic rings. The van der Waals surface area contributed by atoms with E-state index in [9.17, 15) is 4.79 Å². The Labute approximate surface area is 153 Å². The molecule has 26 heavy (non-hydrogen) atoms. The summed E-state index contributed by atoms with van der Waals surface area (Å²) in [7, 11) is 0. The molecule has 1 aliphatic heterocycles. The standard InChI is InChI=1S/C18H28N6O2/c1-14(2)26-13-5-10-19-18(25)9-8-16-21-20-15-6-7-17(22-24(15)16)23-11-3-4-12-23/h6-7,14H,3-5,8-13H2,1-2H3,(H,19,25). The van der Waals surface area contributed by atoms with Crippen LogP contribution >= 0.6 is 0 Å². The second-order valence-electron chi connectivity index (χ2n) is 6.89. The monoisotopic (exact) mass is 360 g/mol. The number of ether oxygens (including phenoxy) is 1. The molecule has 1 amide bonds. The molecule has 8 nitrogen and oxygen atoms in total. The summed E-state index contributed by atoms with van der Waals surface area (Å²) < 4.78 is 7.22. The van der Waals surface area contributed by atoms with Gasteiger partial charge in [-0.1, -0.05) is 0 Å². The van der Waals surface area contributed by atoms with Crippen LogP contribution in [0, 0.1) is 0 Å². The normalized spacial score (nSPS) is 14.5. The smallest absolute Gasteiger partial charge is 0.220 e. The van der Waals surface area contributed by atoms with Gasteiger partial charge in [-0.3, -0.25) is 4.79 Å². The summed E-state index contributed by atoms with van der Waals surface area (Å²) in [6.07, 6.45) is 4.35. The van der Waals surface area contributed by atoms with Crippen LogP contribution in [0.3, 0.4) is 0 Å². The maximum atomic E-state index is 12.0. The van der Waals surface area contributed by atoms with Gasteiger partial charge in [0, 0.05) is 39.1 Å². The molecule has 1 fully saturated rings. The lowest BCUT2D eigenvalue weighted by atomic mass is 10.3. The zero-order valence-electron chi connectivity index (χ0n) is 15.6. The molecule has 0 aliphatic carbocycles. The van der Waals surface area contributed by atoms with E-state index in [2.05, 4.69) is 25.5 Å². The number of carbonyl (C=O) groups excluding carboxylic acids is 1. The van der Waals surface area contributed by atoms with Gasteiger partial charge < -0.3 is 15.0 Å². The number of nitrogens with zero attached hydrogens (tertiary/aromatic N) is 5. The first-order valence-electron chi connectivity index (χ1n) is 9.48. The number of nitrogens with one attached hydrogen (secondary N) is 1. The largest absolute Gasteiger partial charge is 0.379 e. The van der Waals surface area contributed by atoms with Crippen LogP contribution in [0.1, 0.15) is 45.4 Å². The molecule has 0 aromatic carbocycles. The molecule has 8 heteroatoms. The average Bonchev–Trinajstić information content (AvgIpc) is 3.28. The minimum Gasteiger partial charge on any atom is -0.379 e. The molecule has 0 bridgehead atoms. The SMILES string of the molecule is CC(C)OCCCNC(=O)CCc1nnc2ccc(N3CCCC3)nn12. The van der Waals surface area contributed by atoms with Crippen molar-refractivity contribution in [2.24, 2.45) is 0 Å². The third-order valence-electron chi connectivity index (χ3n) is 4.41. The number of amides is 1. The fourth-order valence-electron chi connectivity index (χ4n) is 3.03. The Bertz CT molecular complexity index is 724. The summed E-state index contributed by atoms with van der Waals surface area (Å²) in [5, 5.41) is 15.9. The predicted octanol–water partition coefficient (Wildman–Crippen LogP) is 1.59. The zero-order chi connectivity index (χ0) is 18.4. The highest BCUT2D eigenvalue weighted by molar-refractivity contribution is 5.76. The van der Waals surface area contributed by atoms with Crippen LogP contribution in [-0.2, 0) is 16.0 Å². The number of hydrogen-bond acceptors (Lipinski definition) is 6. The molecule has 0 radical (unpaired) electrons. The molecule has 0 unspecified atom stereocenters. The third-order valence-corrected chi connectivity index (χ3v) is 4.41. The molecular formula is C18H28N6O2. The lowest BCUT2D eigenvalue weighted by Gasteiger charge is -2.15. The molecule has 0 saturated carbocycles. The second-order valence-corrected chi connectivity index (χ2v) is 6.89. The van der Waals surface area contributed by atoms with E-state index >= 15 is 0 Å². The fourth-order valence-corrected chi connectivity index (χ4v) is 3.03. The van der Waals surface area contributed by atoms with Crippen LogP contribution in [0.5, 0.6) is 0 Å². The van der Waals surface area contributed by atoms with Crippen LogP contribution in [0.2, 0.25) is 0 Å². The van der Waals surface area contributed by atoms with Crippen molar-refractivity contribution in [2.75, 3.05) is 31.1 Å². The van der Waals surface area contributed by atoms with Gasteiger partial charge in [-0.05, 0) is 45.2 Å². The zero-order valence-corrected chi connectivity index (χ0v) is 15.6. The predicted molar refractivity (Wildman–Crippen MR) is 99.3 cm³/mol. The minimum atomic E-state index is 0.0157. The van der Waals surface area contributed by atoms with Gasteiger partial charge in [-0.2, -0.15) is 4.52 Å². The average molecular weight is 360 g/mol. The Morgan fingerprint density at radius 3 is 2.85 bits per heavy atom. The van der Waals surface area contributed by atoms with E-state index in [4.69, 9.17) is 4.74 Å². The minimum absolute atomic E-state index is 0.0157. The highest BCUT2D eigenvalue weighted by Gasteiger charge is 2.16. The Morgan fingerprint density at radius 2 is 2.08 bits per heavy atom. The van der Waals surface area contributed by atoms with Gasteiger partial charge in [0.2, 0.25) is 5.91 Å². The van der Waals surface area contributed by atoms with E-state index in [1.54, 1.807) is 4.52 Å². The Balaban J connectivity index is 1.50. The molecule has 0 atom stereocenters. The molecule has 2 aromatic rings. The van der Waals surface area contributed by atoms with Crippen LogP contribution in [0.25, 0.3) is 5.65 Å². The number of aromatic nitrogens is 4. The van der Waals surface area contributed by atoms with E-state index < -0.39 is 0 Å². The molecule has 3 rings (SSSR count). The van der Waals surface area contributed by atoms with Crippen molar-refractivity contribution in [3.8, 4) is 0 Å². The highest BCUT2D eigenvalue weighted by atomic mass is 16.5. The van der Waals surface area contributed by atoms with Gasteiger partial charge in [-0.25, -0.2) is 0 Å². The molecule has 142 valence electrons. The summed E-state index contributed by atoms with van der Waals surface area (Å²) in [6.45, 7) is 7.38. The summed E-state index contributed by atoms with van der Waals surface area (Å²) in [6, 6.07) is 3.93. The summed E-state index contributed by atoms with van der Waals surface area (Å²) in [5.41, 5.74) is 0.717. The molecule has 1 saturated heterocycles. The van der Waals surface area contributed by atoms with Gasteiger partial charge >= 0.3 is 0 Å². The fraction of sp³-hybridized carbons (Fsp3) is 0.667. The number of anilines is 1. The van der Waals surface area contributed by atoms with Crippen molar-refractivity contribution in [1.29, 1.82) is 0 Å². The Morgan fingerprint density at radius 1 is 1.27 bits per heavy atom. The van der Waals surface area contributed by atoms with Crippen molar-refractivity contribution in [3.05, 3.63) is 18.0 Å².